The number of anilines is 1. The fourth-order valence-electron chi connectivity index (χ4n) is 5.65. The summed E-state index contributed by atoms with van der Waals surface area (Å²) in [6.45, 7) is 0. The summed E-state index contributed by atoms with van der Waals surface area (Å²) in [5, 5.41) is 0. The molecule has 32 heavy (non-hydrogen) atoms. The van der Waals surface area contributed by atoms with Crippen LogP contribution in [0.4, 0.5) is 5.69 Å². The van der Waals surface area contributed by atoms with Gasteiger partial charge in [0.15, 0.2) is 0 Å². The molecule has 156 valence electrons. The summed E-state index contributed by atoms with van der Waals surface area (Å²) in [7, 11) is 0. The minimum absolute atomic E-state index is 0.0503. The topological polar surface area (TPSA) is 37.4 Å². The maximum Gasteiger partial charge on any atom is 0.238 e. The molecule has 4 heteroatoms. The van der Waals surface area contributed by atoms with Gasteiger partial charge in [-0.15, -0.1) is 0 Å². The third-order valence-corrected chi connectivity index (χ3v) is 7.63. The van der Waals surface area contributed by atoms with Crippen LogP contribution in [0.3, 0.4) is 0 Å². The monoisotopic (exact) mass is 529 g/mol. The Kier molecular flexibility index (Phi) is 4.65. The van der Waals surface area contributed by atoms with E-state index in [0.29, 0.717) is 5.69 Å². The van der Waals surface area contributed by atoms with Crippen LogP contribution in [0.2, 0.25) is 0 Å². The van der Waals surface area contributed by atoms with Crippen LogP contribution in [-0.2, 0) is 9.59 Å². The Labute approximate surface area is 200 Å². The van der Waals surface area contributed by atoms with Gasteiger partial charge in [-0.1, -0.05) is 72.8 Å². The van der Waals surface area contributed by atoms with Crippen molar-refractivity contribution in [3.8, 4) is 0 Å². The Hall–Kier alpha value is -2.99. The van der Waals surface area contributed by atoms with Crippen LogP contribution in [-0.4, -0.2) is 11.8 Å². The van der Waals surface area contributed by atoms with Crippen molar-refractivity contribution in [1.29, 1.82) is 0 Å². The number of amides is 2. The van der Waals surface area contributed by atoms with E-state index in [4.69, 9.17) is 0 Å². The van der Waals surface area contributed by atoms with Crippen LogP contribution in [0, 0.1) is 27.2 Å². The van der Waals surface area contributed by atoms with E-state index in [9.17, 15) is 9.59 Å². The number of fused-ring (bicyclic) bond motifs is 5. The number of rotatable bonds is 3. The molecule has 2 amide bonds. The predicted molar refractivity (Wildman–Crippen MR) is 134 cm³/mol. The molecule has 4 atom stereocenters. The molecule has 1 saturated carbocycles. The van der Waals surface area contributed by atoms with Gasteiger partial charge in [0.05, 0.1) is 17.5 Å². The highest BCUT2D eigenvalue weighted by Gasteiger charge is 2.62. The molecule has 2 bridgehead atoms. The number of carbonyl (C=O) groups is 2. The highest BCUT2D eigenvalue weighted by molar-refractivity contribution is 14.1. The fourth-order valence-corrected chi connectivity index (χ4v) is 6.01. The number of halogens is 1. The number of benzene rings is 3. The molecule has 6 rings (SSSR count). The second-order valence-corrected chi connectivity index (χ2v) is 9.78. The molecule has 0 N–H and O–H groups in total. The minimum Gasteiger partial charge on any atom is -0.274 e. The van der Waals surface area contributed by atoms with E-state index in [1.165, 1.54) is 10.5 Å². The Morgan fingerprint density at radius 2 is 1.12 bits per heavy atom. The number of carbonyl (C=O) groups excluding carboxylic acids is 2. The molecule has 3 aliphatic rings. The van der Waals surface area contributed by atoms with E-state index in [-0.39, 0.29) is 35.5 Å². The van der Waals surface area contributed by atoms with E-state index in [1.54, 1.807) is 0 Å². The third-order valence-electron chi connectivity index (χ3n) is 6.91. The average Bonchev–Trinajstić information content (AvgIpc) is 3.46. The van der Waals surface area contributed by atoms with Crippen molar-refractivity contribution in [2.24, 2.45) is 23.7 Å². The Morgan fingerprint density at radius 3 is 1.59 bits per heavy atom. The van der Waals surface area contributed by atoms with Gasteiger partial charge in [0, 0.05) is 15.4 Å². The summed E-state index contributed by atoms with van der Waals surface area (Å²) in [5.74, 6) is -0.896. The van der Waals surface area contributed by atoms with E-state index < -0.39 is 0 Å². The van der Waals surface area contributed by atoms with E-state index in [0.717, 1.165) is 20.3 Å². The lowest BCUT2D eigenvalue weighted by molar-refractivity contribution is -0.122. The third kappa shape index (κ3) is 2.85. The molecule has 3 aromatic rings. The summed E-state index contributed by atoms with van der Waals surface area (Å²) < 4.78 is 1.08. The average molecular weight is 529 g/mol. The zero-order valence-corrected chi connectivity index (χ0v) is 19.3. The summed E-state index contributed by atoms with van der Waals surface area (Å²) in [6, 6.07) is 28.3. The Balaban J connectivity index is 1.48. The van der Waals surface area contributed by atoms with Crippen LogP contribution >= 0.6 is 22.6 Å². The first-order valence-electron chi connectivity index (χ1n) is 10.8. The number of nitrogens with zero attached hydrogens (tertiary/aromatic N) is 1. The molecular weight excluding hydrogens is 509 g/mol. The molecule has 0 spiro atoms. The SMILES string of the molecule is O=C1[C@H]2[C@H](C(=O)N1c1ccc(I)cc1)[C@@H]1C=C[C@@H]2C1=C(c1ccccc1)c1ccccc1. The summed E-state index contributed by atoms with van der Waals surface area (Å²) in [5.41, 5.74) is 5.29. The largest absolute Gasteiger partial charge is 0.274 e. The van der Waals surface area contributed by atoms with Crippen molar-refractivity contribution in [3.05, 3.63) is 117 Å². The highest BCUT2D eigenvalue weighted by atomic mass is 127. The first-order valence-corrected chi connectivity index (χ1v) is 11.9. The van der Waals surface area contributed by atoms with Gasteiger partial charge >= 0.3 is 0 Å². The van der Waals surface area contributed by atoms with Gasteiger partial charge < -0.3 is 0 Å². The second-order valence-electron chi connectivity index (χ2n) is 8.54. The van der Waals surface area contributed by atoms with Crippen LogP contribution in [0.15, 0.2) is 103 Å². The van der Waals surface area contributed by atoms with Gasteiger partial charge in [0.25, 0.3) is 0 Å². The lowest BCUT2D eigenvalue weighted by atomic mass is 9.85. The Bertz CT molecular complexity index is 1200. The second kappa shape index (κ2) is 7.55. The molecule has 0 radical (unpaired) electrons. The molecule has 0 unspecified atom stereocenters. The number of allylic oxidation sites excluding steroid dienone is 3. The van der Waals surface area contributed by atoms with E-state index in [2.05, 4.69) is 59.0 Å². The smallest absolute Gasteiger partial charge is 0.238 e. The van der Waals surface area contributed by atoms with E-state index >= 15 is 0 Å². The van der Waals surface area contributed by atoms with Gasteiger partial charge in [-0.2, -0.15) is 0 Å². The highest BCUT2D eigenvalue weighted by Crippen LogP contribution is 2.58. The summed E-state index contributed by atoms with van der Waals surface area (Å²) >= 11 is 2.23. The lowest BCUT2D eigenvalue weighted by Gasteiger charge is -2.21. The van der Waals surface area contributed by atoms with Crippen molar-refractivity contribution in [2.75, 3.05) is 4.90 Å². The molecule has 1 saturated heterocycles. The lowest BCUT2D eigenvalue weighted by Crippen LogP contribution is -2.33. The van der Waals surface area contributed by atoms with Gasteiger partial charge in [-0.3, -0.25) is 9.59 Å². The first kappa shape index (κ1) is 19.7. The molecule has 3 aromatic carbocycles. The maximum atomic E-state index is 13.6. The molecule has 1 heterocycles. The molecule has 1 aliphatic heterocycles. The normalized spacial score (nSPS) is 25.5. The van der Waals surface area contributed by atoms with Crippen molar-refractivity contribution in [1.82, 2.24) is 0 Å². The zero-order chi connectivity index (χ0) is 21.8. The number of imide groups is 1. The first-order chi connectivity index (χ1) is 15.6. The zero-order valence-electron chi connectivity index (χ0n) is 17.2. The number of hydrogen-bond acceptors (Lipinski definition) is 2. The molecule has 3 nitrogen and oxygen atoms in total. The van der Waals surface area contributed by atoms with Crippen molar-refractivity contribution < 1.29 is 9.59 Å². The quantitative estimate of drug-likeness (QED) is 0.248. The van der Waals surface area contributed by atoms with Crippen molar-refractivity contribution in [2.45, 2.75) is 0 Å². The summed E-state index contributed by atoms with van der Waals surface area (Å²) in [4.78, 5) is 28.5. The molecule has 2 aliphatic carbocycles. The maximum absolute atomic E-state index is 13.6. The summed E-state index contributed by atoms with van der Waals surface area (Å²) in [6.07, 6.45) is 4.30. The van der Waals surface area contributed by atoms with E-state index in [1.807, 2.05) is 60.7 Å². The molecule has 2 fully saturated rings. The Morgan fingerprint density at radius 1 is 0.656 bits per heavy atom. The van der Waals surface area contributed by atoms with Gasteiger partial charge in [-0.25, -0.2) is 4.90 Å². The van der Waals surface area contributed by atoms with Gasteiger partial charge in [-0.05, 0) is 69.1 Å². The molecule has 0 aromatic heterocycles. The van der Waals surface area contributed by atoms with Crippen LogP contribution < -0.4 is 4.90 Å². The minimum atomic E-state index is -0.325. The van der Waals surface area contributed by atoms with Crippen LogP contribution in [0.25, 0.3) is 5.57 Å². The predicted octanol–water partition coefficient (Wildman–Crippen LogP) is 5.71. The molecular formula is C28H20INO2. The number of hydrogen-bond donors (Lipinski definition) is 0. The fraction of sp³-hybridized carbons (Fsp3) is 0.143. The van der Waals surface area contributed by atoms with Crippen molar-refractivity contribution >= 4 is 45.7 Å². The van der Waals surface area contributed by atoms with Crippen LogP contribution in [0.5, 0.6) is 0 Å². The van der Waals surface area contributed by atoms with Crippen LogP contribution in [0.1, 0.15) is 11.1 Å². The van der Waals surface area contributed by atoms with Gasteiger partial charge in [0.1, 0.15) is 0 Å². The van der Waals surface area contributed by atoms with Gasteiger partial charge in [0.2, 0.25) is 11.8 Å². The standard InChI is InChI=1S/C28H20INO2/c29-19-11-13-20(14-12-19)30-27(31)25-21-15-16-22(26(25)28(30)32)24(21)23(17-7-3-1-4-8-17)18-9-5-2-6-10-18/h1-16,21-22,25-26H/t21-,22-,25-,26-/m1/s1. The van der Waals surface area contributed by atoms with Crippen molar-refractivity contribution in [3.63, 3.8) is 0 Å².